The second kappa shape index (κ2) is 6.10. The van der Waals surface area contributed by atoms with Crippen molar-refractivity contribution >= 4 is 0 Å². The van der Waals surface area contributed by atoms with Crippen molar-refractivity contribution in [3.8, 4) is 0 Å². The third kappa shape index (κ3) is 3.49. The van der Waals surface area contributed by atoms with Gasteiger partial charge in [-0.3, -0.25) is 9.88 Å². The van der Waals surface area contributed by atoms with E-state index in [1.54, 1.807) is 7.11 Å². The summed E-state index contributed by atoms with van der Waals surface area (Å²) in [6.07, 6.45) is 4.55. The van der Waals surface area contributed by atoms with Crippen LogP contribution in [0.2, 0.25) is 0 Å². The van der Waals surface area contributed by atoms with E-state index < -0.39 is 0 Å². The fourth-order valence-electron chi connectivity index (χ4n) is 2.30. The molecule has 0 saturated carbocycles. The van der Waals surface area contributed by atoms with Gasteiger partial charge in [-0.05, 0) is 30.5 Å². The molecule has 4 nitrogen and oxygen atoms in total. The van der Waals surface area contributed by atoms with Crippen LogP contribution in [-0.4, -0.2) is 36.2 Å². The Bertz CT molecular complexity index is 348. The Balaban J connectivity index is 1.88. The van der Waals surface area contributed by atoms with Crippen LogP contribution in [0.5, 0.6) is 0 Å². The summed E-state index contributed by atoms with van der Waals surface area (Å²) in [6.45, 7) is 3.73. The summed E-state index contributed by atoms with van der Waals surface area (Å²) in [7, 11) is 1.80. The fraction of sp³-hybridized carbons (Fsp3) is 0.615. The van der Waals surface area contributed by atoms with Gasteiger partial charge in [0.2, 0.25) is 0 Å². The molecule has 0 spiro atoms. The topological polar surface area (TPSA) is 51.4 Å². The van der Waals surface area contributed by atoms with Crippen LogP contribution < -0.4 is 5.73 Å². The second-order valence-corrected chi connectivity index (χ2v) is 4.57. The highest BCUT2D eigenvalue weighted by Gasteiger charge is 2.18. The lowest BCUT2D eigenvalue weighted by atomic mass is 10.1. The molecule has 2 N–H and O–H groups in total. The van der Waals surface area contributed by atoms with E-state index in [0.717, 1.165) is 38.2 Å². The highest BCUT2D eigenvalue weighted by molar-refractivity contribution is 5.16. The third-order valence-electron chi connectivity index (χ3n) is 3.36. The van der Waals surface area contributed by atoms with Crippen molar-refractivity contribution in [2.45, 2.75) is 32.0 Å². The smallest absolute Gasteiger partial charge is 0.0595 e. The Hall–Kier alpha value is -0.970. The molecule has 1 saturated heterocycles. The van der Waals surface area contributed by atoms with Crippen LogP contribution >= 0.6 is 0 Å². The van der Waals surface area contributed by atoms with Crippen LogP contribution in [0.3, 0.4) is 0 Å². The van der Waals surface area contributed by atoms with Gasteiger partial charge in [-0.2, -0.15) is 0 Å². The van der Waals surface area contributed by atoms with Gasteiger partial charge >= 0.3 is 0 Å². The van der Waals surface area contributed by atoms with Crippen molar-refractivity contribution in [1.29, 1.82) is 0 Å². The Labute approximate surface area is 103 Å². The van der Waals surface area contributed by atoms with Gasteiger partial charge in [0.1, 0.15) is 0 Å². The first-order valence-corrected chi connectivity index (χ1v) is 6.21. The molecule has 4 heteroatoms. The molecule has 94 valence electrons. The largest absolute Gasteiger partial charge is 0.381 e. The number of hydrogen-bond donors (Lipinski definition) is 1. The summed E-state index contributed by atoms with van der Waals surface area (Å²) in [5.41, 5.74) is 7.86. The maximum absolute atomic E-state index is 5.60. The van der Waals surface area contributed by atoms with E-state index in [4.69, 9.17) is 10.5 Å². The SMILES string of the molecule is COC1CCN(Cc2ccnc(CN)c2)CC1. The maximum Gasteiger partial charge on any atom is 0.0595 e. The number of nitrogens with two attached hydrogens (primary N) is 1. The van der Waals surface area contributed by atoms with Crippen molar-refractivity contribution in [2.24, 2.45) is 5.73 Å². The first kappa shape index (κ1) is 12.5. The standard InChI is InChI=1S/C13H21N3O/c1-17-13-3-6-16(7-4-13)10-11-2-5-15-12(8-11)9-14/h2,5,8,13H,3-4,6-7,9-10,14H2,1H3. The van der Waals surface area contributed by atoms with Gasteiger partial charge in [-0.25, -0.2) is 0 Å². The molecular formula is C13H21N3O. The number of methoxy groups -OCH3 is 1. The number of nitrogens with zero attached hydrogens (tertiary/aromatic N) is 2. The molecule has 0 amide bonds. The predicted molar refractivity (Wildman–Crippen MR) is 67.4 cm³/mol. The monoisotopic (exact) mass is 235 g/mol. The summed E-state index contributed by atoms with van der Waals surface area (Å²) < 4.78 is 5.37. The molecule has 1 aromatic heterocycles. The normalized spacial score (nSPS) is 18.5. The lowest BCUT2D eigenvalue weighted by molar-refractivity contribution is 0.0388. The summed E-state index contributed by atoms with van der Waals surface area (Å²) >= 11 is 0. The van der Waals surface area contributed by atoms with Crippen LogP contribution in [0.4, 0.5) is 0 Å². The minimum Gasteiger partial charge on any atom is -0.381 e. The average Bonchev–Trinajstić information content (AvgIpc) is 2.40. The lowest BCUT2D eigenvalue weighted by Gasteiger charge is -2.31. The summed E-state index contributed by atoms with van der Waals surface area (Å²) in [6, 6.07) is 4.17. The summed E-state index contributed by atoms with van der Waals surface area (Å²) in [4.78, 5) is 6.68. The first-order chi connectivity index (χ1) is 8.31. The highest BCUT2D eigenvalue weighted by atomic mass is 16.5. The molecule has 2 rings (SSSR count). The molecule has 0 radical (unpaired) electrons. The summed E-state index contributed by atoms with van der Waals surface area (Å²) in [5.74, 6) is 0. The number of likely N-dealkylation sites (tertiary alicyclic amines) is 1. The van der Waals surface area contributed by atoms with Gasteiger partial charge in [-0.1, -0.05) is 0 Å². The minimum absolute atomic E-state index is 0.447. The minimum atomic E-state index is 0.447. The summed E-state index contributed by atoms with van der Waals surface area (Å²) in [5, 5.41) is 0. The van der Waals surface area contributed by atoms with Gasteiger partial charge in [-0.15, -0.1) is 0 Å². The molecule has 0 aromatic carbocycles. The molecule has 1 aliphatic rings. The van der Waals surface area contributed by atoms with Gasteiger partial charge in [0.15, 0.2) is 0 Å². The van der Waals surface area contributed by atoms with Gasteiger partial charge in [0.25, 0.3) is 0 Å². The fourth-order valence-corrected chi connectivity index (χ4v) is 2.30. The average molecular weight is 235 g/mol. The maximum atomic E-state index is 5.60. The van der Waals surface area contributed by atoms with Crippen molar-refractivity contribution in [3.05, 3.63) is 29.6 Å². The zero-order valence-corrected chi connectivity index (χ0v) is 10.4. The van der Waals surface area contributed by atoms with E-state index in [-0.39, 0.29) is 0 Å². The molecule has 17 heavy (non-hydrogen) atoms. The Morgan fingerprint density at radius 3 is 2.88 bits per heavy atom. The molecule has 0 atom stereocenters. The molecule has 1 aromatic rings. The zero-order valence-electron chi connectivity index (χ0n) is 10.4. The Kier molecular flexibility index (Phi) is 4.48. The van der Waals surface area contributed by atoms with E-state index in [1.165, 1.54) is 5.56 Å². The van der Waals surface area contributed by atoms with Crippen LogP contribution in [0.1, 0.15) is 24.1 Å². The van der Waals surface area contributed by atoms with E-state index in [0.29, 0.717) is 12.6 Å². The van der Waals surface area contributed by atoms with Crippen LogP contribution in [-0.2, 0) is 17.8 Å². The van der Waals surface area contributed by atoms with Crippen LogP contribution in [0.15, 0.2) is 18.3 Å². The predicted octanol–water partition coefficient (Wildman–Crippen LogP) is 1.15. The van der Waals surface area contributed by atoms with Crippen molar-refractivity contribution in [3.63, 3.8) is 0 Å². The van der Waals surface area contributed by atoms with Gasteiger partial charge in [0, 0.05) is 39.5 Å². The second-order valence-electron chi connectivity index (χ2n) is 4.57. The van der Waals surface area contributed by atoms with E-state index >= 15 is 0 Å². The van der Waals surface area contributed by atoms with Crippen molar-refractivity contribution in [1.82, 2.24) is 9.88 Å². The highest BCUT2D eigenvalue weighted by Crippen LogP contribution is 2.15. The zero-order chi connectivity index (χ0) is 12.1. The Morgan fingerprint density at radius 2 is 2.24 bits per heavy atom. The molecule has 2 heterocycles. The molecule has 0 bridgehead atoms. The molecule has 0 aliphatic carbocycles. The van der Waals surface area contributed by atoms with Gasteiger partial charge < -0.3 is 10.5 Å². The number of rotatable bonds is 4. The number of ether oxygens (including phenoxy) is 1. The first-order valence-electron chi connectivity index (χ1n) is 6.21. The lowest BCUT2D eigenvalue weighted by Crippen LogP contribution is -2.36. The Morgan fingerprint density at radius 1 is 1.47 bits per heavy atom. The van der Waals surface area contributed by atoms with Gasteiger partial charge in [0.05, 0.1) is 11.8 Å². The third-order valence-corrected chi connectivity index (χ3v) is 3.36. The number of aromatic nitrogens is 1. The van der Waals surface area contributed by atoms with Crippen molar-refractivity contribution < 1.29 is 4.74 Å². The van der Waals surface area contributed by atoms with Crippen molar-refractivity contribution in [2.75, 3.05) is 20.2 Å². The number of pyridine rings is 1. The molecular weight excluding hydrogens is 214 g/mol. The van der Waals surface area contributed by atoms with Crippen LogP contribution in [0, 0.1) is 0 Å². The molecule has 1 fully saturated rings. The van der Waals surface area contributed by atoms with E-state index in [9.17, 15) is 0 Å². The molecule has 0 unspecified atom stereocenters. The molecule has 1 aliphatic heterocycles. The quantitative estimate of drug-likeness (QED) is 0.850. The van der Waals surface area contributed by atoms with Crippen LogP contribution in [0.25, 0.3) is 0 Å². The van der Waals surface area contributed by atoms with E-state index in [2.05, 4.69) is 22.0 Å². The van der Waals surface area contributed by atoms with E-state index in [1.807, 2.05) is 6.20 Å². The number of hydrogen-bond acceptors (Lipinski definition) is 4. The number of piperidine rings is 1.